The number of hydrogen-bond acceptors (Lipinski definition) is 32. The van der Waals surface area contributed by atoms with Crippen molar-refractivity contribution in [2.75, 3.05) is 88.1 Å². The molecule has 0 unspecified atom stereocenters. The molecular weight excluding hydrogens is 1820 g/mol. The van der Waals surface area contributed by atoms with Crippen LogP contribution in [-0.4, -0.2) is 303 Å². The third-order valence-corrected chi connectivity index (χ3v) is 28.0. The van der Waals surface area contributed by atoms with E-state index in [0.717, 1.165) is 38.1 Å². The van der Waals surface area contributed by atoms with Crippen molar-refractivity contribution >= 4 is 150 Å². The van der Waals surface area contributed by atoms with E-state index in [4.69, 9.17) is 31.1 Å². The number of hydrogen-bond donors (Lipinski definition) is 23. The fourth-order valence-corrected chi connectivity index (χ4v) is 21.5. The summed E-state index contributed by atoms with van der Waals surface area (Å²) in [5.41, 5.74) is 11.2. The number of aromatic amines is 2. The fraction of sp³-hybridized carbons (Fsp3) is 0.506. The molecular formula is C87H113N21O26S2. The number of aliphatic carboxylic acids is 5. The second-order valence-corrected chi connectivity index (χ2v) is 36.9. The number of esters is 1. The molecule has 1 saturated carbocycles. The van der Waals surface area contributed by atoms with E-state index in [9.17, 15) is 103 Å². The molecule has 4 aliphatic heterocycles. The number of anilines is 3. The summed E-state index contributed by atoms with van der Waals surface area (Å²) in [5.74, 6) is -19.5. The van der Waals surface area contributed by atoms with Crippen LogP contribution in [0.1, 0.15) is 143 Å². The Morgan fingerprint density at radius 3 is 1.99 bits per heavy atom. The number of H-pyrrole nitrogens is 2. The lowest BCUT2D eigenvalue weighted by atomic mass is 9.47. The summed E-state index contributed by atoms with van der Waals surface area (Å²) < 4.78 is 17.7. The Kier molecular flexibility index (Phi) is 33.2. The maximum absolute atomic E-state index is 15.7. The smallest absolute Gasteiger partial charge is 0.426 e. The molecule has 136 heavy (non-hydrogen) atoms. The van der Waals surface area contributed by atoms with E-state index < -0.39 is 228 Å². The summed E-state index contributed by atoms with van der Waals surface area (Å²) in [6.45, 7) is 9.44. The first-order chi connectivity index (χ1) is 64.5. The van der Waals surface area contributed by atoms with Gasteiger partial charge >= 0.3 is 41.9 Å². The number of carboxylic acids is 5. The number of nitrogens with two attached hydrogens (primary N) is 2. The topological polar surface area (TPSA) is 722 Å². The van der Waals surface area contributed by atoms with Gasteiger partial charge in [0.15, 0.2) is 22.7 Å². The minimum atomic E-state index is -2.77. The highest BCUT2D eigenvalue weighted by Crippen LogP contribution is 2.68. The van der Waals surface area contributed by atoms with Crippen LogP contribution >= 0.6 is 21.6 Å². The highest BCUT2D eigenvalue weighted by atomic mass is 33.1. The number of nitrogen functional groups attached to an aromatic ring is 1. The number of rotatable bonds is 42. The Labute approximate surface area is 784 Å². The van der Waals surface area contributed by atoms with E-state index >= 15 is 9.59 Å². The van der Waals surface area contributed by atoms with Gasteiger partial charge in [-0.15, -0.1) is 0 Å². The maximum Gasteiger partial charge on any atom is 0.426 e. The monoisotopic (exact) mass is 1930 g/mol. The third-order valence-electron chi connectivity index (χ3n) is 25.6. The number of nitrogens with one attached hydrogen (secondary N) is 13. The zero-order valence-electron chi connectivity index (χ0n) is 75.4. The molecule has 47 nitrogen and oxygen atoms in total. The van der Waals surface area contributed by atoms with Gasteiger partial charge in [0.1, 0.15) is 60.1 Å². The van der Waals surface area contributed by atoms with Gasteiger partial charge < -0.3 is 119 Å². The van der Waals surface area contributed by atoms with Crippen molar-refractivity contribution in [3.8, 4) is 5.75 Å². The second-order valence-electron chi connectivity index (χ2n) is 34.3. The number of ether oxygens (including phenoxy) is 3. The second kappa shape index (κ2) is 43.9. The number of likely N-dealkylation sites (N-methyl/N-ethyl adjacent to an activating group) is 2. The number of aliphatic hydroxyl groups excluding tert-OH is 1. The van der Waals surface area contributed by atoms with E-state index in [0.29, 0.717) is 85.9 Å². The SMILES string of the molecule is CCN1Cc2c([nH]c3ccccc23)[C@@](C(=O)OC)(c2cc3c(cc2OC)N(C)[C@H]2[C@@](O)(C(=O)NNC(=O)OCCSSC[C@H](NC(=O)[C@@H](CC(=O)O)NC(=O)[C@@H](CC(=O)O)NC(=O)[C@@H](CCCNC(=N)N)NC(=O)[C@@H](CC(=O)O)NC(=O)CC[C@@H](NC(=O)c4ccc(NCc5cnc6nc(N)[nH]c(=O)c6n5)cc4)C(=O)O)C(=O)O)[C@H](O)[C@]4(CC)C=CCN5CC[C@]32[C@@H]54)C[C@H](C)C[C@@](O)(CC)C1. The van der Waals surface area contributed by atoms with Gasteiger partial charge in [-0.3, -0.25) is 83.2 Å². The van der Waals surface area contributed by atoms with Gasteiger partial charge in [-0.2, -0.15) is 4.98 Å². The van der Waals surface area contributed by atoms with Crippen molar-refractivity contribution < 1.29 is 122 Å². The average molecular weight is 1930 g/mol. The zero-order chi connectivity index (χ0) is 99.2. The van der Waals surface area contributed by atoms with Crippen molar-refractivity contribution in [3.63, 3.8) is 0 Å². The quantitative estimate of drug-likeness (QED) is 0.00435. The standard InChI is InChI=1S/C87H113N21O26S2/c1-8-83(130)36-43(4)37-86(79(128)133-7,65-48(40-107(10-3)42-83)47-15-11-12-16-51(47)96-65)50-31-49-58(35-59(50)132-6)106(5)76-85(49)25-28-108-27-14-24-84(9-2,75(85)108)77(126)87(76,131)78(127)104-105-82(129)134-29-30-135-136-41-57(74(124)125)101-71(120)56(34-63(114)115)100-70(119)55(33-62(112)113)99-68(117)52(17-13-26-91-80(88)89)97-69(118)54(32-61(110)111)95-60(109)23-22-53(73(122)123)98-67(116)44-18-20-45(21-19-44)92-38-46-39-93-66-64(94-46)72(121)103-81(90)102-66/h11-12,14-16,18-21,24,31,35,39,43,52-57,75-77,92,96,126,130-131H,8-10,13,17,22-23,25-30,32-34,36-38,40-42H2,1-7H3,(H,95,109)(H,97,118)(H,98,116)(H,99,117)(H,100,119)(H,101,120)(H,104,127)(H,105,129)(H,110,111)(H,112,113)(H,114,115)(H,122,123)(H,124,125)(H4,88,89,91)(H3,90,93,102,103,121)/t43-,52-,53-,54-,55-,56-,57+,75+,76-,77-,83+,84-,85-,86+,87+/m1/s1. The Bertz CT molecular complexity index is 5670. The number of carbonyl (C=O) groups excluding carboxylic acids is 9. The van der Waals surface area contributed by atoms with Crippen molar-refractivity contribution in [2.45, 2.75) is 194 Å². The van der Waals surface area contributed by atoms with Crippen LogP contribution in [-0.2, 0) is 90.9 Å². The minimum Gasteiger partial charge on any atom is -0.496 e. The van der Waals surface area contributed by atoms with Gasteiger partial charge in [0, 0.05) is 113 Å². The summed E-state index contributed by atoms with van der Waals surface area (Å²) in [4.78, 5) is 226. The number of aromatic nitrogens is 5. The third kappa shape index (κ3) is 22.3. The lowest BCUT2D eigenvalue weighted by molar-refractivity contribution is -0.204. The highest BCUT2D eigenvalue weighted by molar-refractivity contribution is 8.76. The molecule has 734 valence electrons. The normalized spacial score (nSPS) is 22.9. The minimum absolute atomic E-state index is 0.0220. The van der Waals surface area contributed by atoms with Crippen LogP contribution in [0, 0.1) is 16.7 Å². The number of carbonyl (C=O) groups is 14. The number of methoxy groups -OCH3 is 2. The van der Waals surface area contributed by atoms with Gasteiger partial charge in [0.2, 0.25) is 35.5 Å². The molecule has 5 aliphatic rings. The molecule has 7 heterocycles. The number of hydrazine groups is 1. The zero-order valence-corrected chi connectivity index (χ0v) is 77.0. The number of aliphatic hydroxyl groups is 3. The van der Waals surface area contributed by atoms with Crippen LogP contribution in [0.15, 0.2) is 83.8 Å². The maximum atomic E-state index is 15.7. The van der Waals surface area contributed by atoms with Crippen LogP contribution in [0.25, 0.3) is 22.1 Å². The van der Waals surface area contributed by atoms with Gasteiger partial charge in [-0.1, -0.05) is 79.6 Å². The Morgan fingerprint density at radius 2 is 1.38 bits per heavy atom. The number of carboxylic acid groups (broad SMARTS) is 5. The molecule has 1 aliphatic carbocycles. The molecule has 0 bridgehead atoms. The van der Waals surface area contributed by atoms with E-state index in [1.807, 2.05) is 75.5 Å². The molecule has 1 spiro atoms. The molecule has 2 fully saturated rings. The van der Waals surface area contributed by atoms with Crippen molar-refractivity contribution in [3.05, 3.63) is 123 Å². The van der Waals surface area contributed by atoms with E-state index in [1.165, 1.54) is 44.7 Å². The molecule has 15 atom stereocenters. The van der Waals surface area contributed by atoms with Crippen LogP contribution in [0.2, 0.25) is 0 Å². The number of fused-ring (bicyclic) bond motifs is 5. The van der Waals surface area contributed by atoms with Crippen LogP contribution < -0.4 is 80.0 Å². The molecule has 0 radical (unpaired) electrons. The first kappa shape index (κ1) is 103. The van der Waals surface area contributed by atoms with Gasteiger partial charge in [-0.05, 0) is 118 Å². The lowest BCUT2D eigenvalue weighted by Crippen LogP contribution is -2.82. The number of guanidine groups is 1. The summed E-state index contributed by atoms with van der Waals surface area (Å²) in [7, 11) is 6.21. The van der Waals surface area contributed by atoms with Crippen molar-refractivity contribution in [2.24, 2.45) is 17.1 Å². The molecule has 3 aromatic carbocycles. The summed E-state index contributed by atoms with van der Waals surface area (Å²) in [6, 6.07) is 3.24. The molecule has 49 heteroatoms. The molecule has 3 aromatic heterocycles. The molecule has 1 saturated heterocycles. The first-order valence-electron chi connectivity index (χ1n) is 43.8. The highest BCUT2D eigenvalue weighted by Gasteiger charge is 2.79. The van der Waals surface area contributed by atoms with Gasteiger partial charge in [0.25, 0.3) is 17.4 Å². The molecule has 8 amide bonds. The van der Waals surface area contributed by atoms with Crippen LogP contribution in [0.3, 0.4) is 0 Å². The number of para-hydroxylation sites is 1. The summed E-state index contributed by atoms with van der Waals surface area (Å²) in [5, 5.41) is 116. The average Bonchev–Trinajstić information content (AvgIpc) is 1.46. The number of β-amino-alcohol motifs (C(OH)–C–C–N with tert-alkyl or cyclic N) is 1. The predicted octanol–water partition coefficient (Wildman–Crippen LogP) is -0.550. The van der Waals surface area contributed by atoms with Crippen LogP contribution in [0.5, 0.6) is 5.75 Å². The number of amides is 8. The Balaban J connectivity index is 0.705. The number of nitrogens with zero attached hydrogens (tertiary/aromatic N) is 6. The number of benzene rings is 3. The summed E-state index contributed by atoms with van der Waals surface area (Å²) in [6.07, 6.45) is -2.38. The molecule has 11 rings (SSSR count). The first-order valence-corrected chi connectivity index (χ1v) is 46.3. The van der Waals surface area contributed by atoms with Gasteiger partial charge in [0.05, 0.1) is 63.6 Å². The van der Waals surface area contributed by atoms with E-state index in [1.54, 1.807) is 18.0 Å². The fourth-order valence-electron chi connectivity index (χ4n) is 19.5. The van der Waals surface area contributed by atoms with E-state index in [-0.39, 0.29) is 72.4 Å². The predicted molar refractivity (Wildman–Crippen MR) is 490 cm³/mol. The lowest BCUT2D eigenvalue weighted by Gasteiger charge is -2.63. The Morgan fingerprint density at radius 1 is 0.735 bits per heavy atom. The summed E-state index contributed by atoms with van der Waals surface area (Å²) >= 11 is 0. The van der Waals surface area contributed by atoms with Crippen molar-refractivity contribution in [1.82, 2.24) is 82.8 Å². The van der Waals surface area contributed by atoms with Crippen molar-refractivity contribution in [1.29, 1.82) is 5.41 Å². The van der Waals surface area contributed by atoms with Gasteiger partial charge in [-0.25, -0.2) is 29.8 Å². The van der Waals surface area contributed by atoms with Crippen LogP contribution in [0.4, 0.5) is 22.1 Å². The largest absolute Gasteiger partial charge is 0.496 e. The Hall–Kier alpha value is -13.5. The van der Waals surface area contributed by atoms with E-state index in [2.05, 4.69) is 82.8 Å². The molecule has 6 aromatic rings. The molecule has 25 N–H and O–H groups in total.